The van der Waals surface area contributed by atoms with Crippen LogP contribution in [0.25, 0.3) is 0 Å². The van der Waals surface area contributed by atoms with Crippen molar-refractivity contribution in [2.45, 2.75) is 46.7 Å². The summed E-state index contributed by atoms with van der Waals surface area (Å²) in [6.07, 6.45) is 0.395. The zero-order valence-electron chi connectivity index (χ0n) is 15.1. The molecule has 134 valence electrons. The molecule has 2 N–H and O–H groups in total. The second kappa shape index (κ2) is 7.96. The first-order valence-corrected chi connectivity index (χ1v) is 8.40. The fourth-order valence-electron chi connectivity index (χ4n) is 2.75. The van der Waals surface area contributed by atoms with Crippen LogP contribution in [0.2, 0.25) is 0 Å². The van der Waals surface area contributed by atoms with Gasteiger partial charge >= 0.3 is 5.97 Å². The summed E-state index contributed by atoms with van der Waals surface area (Å²) in [6, 6.07) is 8.31. The number of aromatic nitrogens is 2. The summed E-state index contributed by atoms with van der Waals surface area (Å²) in [7, 11) is 0. The Kier molecular flexibility index (Phi) is 5.96. The number of nitrogens with zero attached hydrogens (tertiary/aromatic N) is 2. The summed E-state index contributed by atoms with van der Waals surface area (Å²) in [4.78, 5) is 23.7. The Morgan fingerprint density at radius 3 is 2.52 bits per heavy atom. The van der Waals surface area contributed by atoms with Crippen LogP contribution in [0.3, 0.4) is 0 Å². The van der Waals surface area contributed by atoms with Crippen LogP contribution < -0.4 is 5.32 Å². The minimum Gasteiger partial charge on any atom is -0.480 e. The lowest BCUT2D eigenvalue weighted by molar-refractivity contribution is -0.139. The average Bonchev–Trinajstić information content (AvgIpc) is 2.84. The number of carbonyl (C=O) groups excluding carboxylic acids is 1. The number of nitrogens with one attached hydrogen (secondary N) is 1. The van der Waals surface area contributed by atoms with Gasteiger partial charge in [-0.2, -0.15) is 5.10 Å². The molecule has 0 spiro atoms. The van der Waals surface area contributed by atoms with E-state index in [0.29, 0.717) is 18.5 Å². The number of amides is 1. The molecule has 1 atom stereocenters. The smallest absolute Gasteiger partial charge is 0.326 e. The minimum absolute atomic E-state index is 0.179. The first-order valence-electron chi connectivity index (χ1n) is 8.40. The molecular weight excluding hydrogens is 318 g/mol. The van der Waals surface area contributed by atoms with Crippen molar-refractivity contribution in [1.82, 2.24) is 15.1 Å². The maximum atomic E-state index is 12.4. The van der Waals surface area contributed by atoms with E-state index in [0.717, 1.165) is 17.0 Å². The van der Waals surface area contributed by atoms with Crippen LogP contribution in [0.5, 0.6) is 0 Å². The van der Waals surface area contributed by atoms with Gasteiger partial charge in [0.2, 0.25) is 0 Å². The molecule has 1 heterocycles. The molecule has 0 bridgehead atoms. The summed E-state index contributed by atoms with van der Waals surface area (Å²) >= 11 is 0. The lowest BCUT2D eigenvalue weighted by Gasteiger charge is -2.16. The van der Waals surface area contributed by atoms with Gasteiger partial charge in [0.1, 0.15) is 6.04 Å². The van der Waals surface area contributed by atoms with Gasteiger partial charge in [0, 0.05) is 11.3 Å². The van der Waals surface area contributed by atoms with Crippen molar-refractivity contribution >= 4 is 11.9 Å². The van der Waals surface area contributed by atoms with Crippen molar-refractivity contribution < 1.29 is 14.7 Å². The van der Waals surface area contributed by atoms with Crippen molar-refractivity contribution in [1.29, 1.82) is 0 Å². The Bertz CT molecular complexity index is 765. The summed E-state index contributed by atoms with van der Waals surface area (Å²) in [5.74, 6) is -1.21. The predicted molar refractivity (Wildman–Crippen MR) is 95.6 cm³/mol. The largest absolute Gasteiger partial charge is 0.480 e. The Morgan fingerprint density at radius 1 is 1.24 bits per heavy atom. The molecule has 25 heavy (non-hydrogen) atoms. The standard InChI is InChI=1S/C19H25N3O3/c1-12(2)8-17(19(24)25)20-18(23)16-7-5-6-15(10-16)11-22-14(4)9-13(3)21-22/h5-7,9-10,12,17H,8,11H2,1-4H3,(H,20,23)(H,24,25)/t17-/m1/s1. The van der Waals surface area contributed by atoms with E-state index in [-0.39, 0.29) is 11.8 Å². The molecule has 1 aromatic carbocycles. The molecule has 2 rings (SSSR count). The van der Waals surface area contributed by atoms with Crippen molar-refractivity contribution in [2.24, 2.45) is 5.92 Å². The average molecular weight is 343 g/mol. The summed E-state index contributed by atoms with van der Waals surface area (Å²) in [5, 5.41) is 16.3. The van der Waals surface area contributed by atoms with Crippen LogP contribution in [-0.2, 0) is 11.3 Å². The zero-order valence-corrected chi connectivity index (χ0v) is 15.1. The number of carboxylic acids is 1. The van der Waals surface area contributed by atoms with Crippen molar-refractivity contribution in [3.8, 4) is 0 Å². The van der Waals surface area contributed by atoms with Gasteiger partial charge in [0.15, 0.2) is 0 Å². The highest BCUT2D eigenvalue weighted by Crippen LogP contribution is 2.11. The van der Waals surface area contributed by atoms with E-state index >= 15 is 0 Å². The normalized spacial score (nSPS) is 12.2. The Balaban J connectivity index is 2.13. The summed E-state index contributed by atoms with van der Waals surface area (Å²) in [6.45, 7) is 8.34. The van der Waals surface area contributed by atoms with Crippen LogP contribution >= 0.6 is 0 Å². The summed E-state index contributed by atoms with van der Waals surface area (Å²) in [5.41, 5.74) is 3.39. The lowest BCUT2D eigenvalue weighted by Crippen LogP contribution is -2.41. The van der Waals surface area contributed by atoms with Gasteiger partial charge in [-0.3, -0.25) is 9.48 Å². The van der Waals surface area contributed by atoms with Crippen LogP contribution in [0.4, 0.5) is 0 Å². The maximum Gasteiger partial charge on any atom is 0.326 e. The molecule has 0 aliphatic carbocycles. The number of rotatable bonds is 7. The van der Waals surface area contributed by atoms with E-state index in [1.54, 1.807) is 18.2 Å². The molecular formula is C19H25N3O3. The van der Waals surface area contributed by atoms with Crippen molar-refractivity contribution in [3.63, 3.8) is 0 Å². The zero-order chi connectivity index (χ0) is 18.6. The first-order chi connectivity index (χ1) is 11.8. The van der Waals surface area contributed by atoms with Gasteiger partial charge in [0.25, 0.3) is 5.91 Å². The number of benzene rings is 1. The van der Waals surface area contributed by atoms with Gasteiger partial charge in [-0.15, -0.1) is 0 Å². The molecule has 1 amide bonds. The second-order valence-corrected chi connectivity index (χ2v) is 6.78. The Labute approximate surface area is 147 Å². The molecule has 1 aromatic heterocycles. The number of aryl methyl sites for hydroxylation is 2. The number of carboxylic acid groups (broad SMARTS) is 1. The highest BCUT2D eigenvalue weighted by atomic mass is 16.4. The van der Waals surface area contributed by atoms with Gasteiger partial charge in [-0.05, 0) is 49.9 Å². The molecule has 0 aliphatic heterocycles. The van der Waals surface area contributed by atoms with Crippen LogP contribution in [-0.4, -0.2) is 32.8 Å². The third-order valence-electron chi connectivity index (χ3n) is 3.94. The molecule has 6 heteroatoms. The van der Waals surface area contributed by atoms with Gasteiger partial charge in [0.05, 0.1) is 12.2 Å². The van der Waals surface area contributed by atoms with E-state index in [4.69, 9.17) is 0 Å². The monoisotopic (exact) mass is 343 g/mol. The molecule has 0 aliphatic rings. The number of hydrogen-bond donors (Lipinski definition) is 2. The quantitative estimate of drug-likeness (QED) is 0.809. The number of hydrogen-bond acceptors (Lipinski definition) is 3. The number of carbonyl (C=O) groups is 2. The molecule has 0 unspecified atom stereocenters. The van der Waals surface area contributed by atoms with E-state index in [1.807, 2.05) is 44.5 Å². The van der Waals surface area contributed by atoms with Gasteiger partial charge in [-0.1, -0.05) is 26.0 Å². The predicted octanol–water partition coefficient (Wildman–Crippen LogP) is 2.78. The van der Waals surface area contributed by atoms with Crippen molar-refractivity contribution in [2.75, 3.05) is 0 Å². The Morgan fingerprint density at radius 2 is 1.96 bits per heavy atom. The molecule has 0 fully saturated rings. The van der Waals surface area contributed by atoms with Gasteiger partial charge in [-0.25, -0.2) is 4.79 Å². The minimum atomic E-state index is -1.01. The maximum absolute atomic E-state index is 12.4. The molecule has 0 saturated carbocycles. The fraction of sp³-hybridized carbons (Fsp3) is 0.421. The molecule has 6 nitrogen and oxygen atoms in total. The van der Waals surface area contributed by atoms with Crippen LogP contribution in [0, 0.1) is 19.8 Å². The SMILES string of the molecule is Cc1cc(C)n(Cc2cccc(C(=O)N[C@H](CC(C)C)C(=O)O)c2)n1. The van der Waals surface area contributed by atoms with Crippen LogP contribution in [0.1, 0.15) is 47.6 Å². The Hall–Kier alpha value is -2.63. The molecule has 0 radical (unpaired) electrons. The molecule has 0 saturated heterocycles. The third-order valence-corrected chi connectivity index (χ3v) is 3.94. The highest BCUT2D eigenvalue weighted by Gasteiger charge is 2.21. The second-order valence-electron chi connectivity index (χ2n) is 6.78. The van der Waals surface area contributed by atoms with E-state index in [2.05, 4.69) is 10.4 Å². The van der Waals surface area contributed by atoms with E-state index in [9.17, 15) is 14.7 Å². The molecule has 2 aromatic rings. The van der Waals surface area contributed by atoms with E-state index in [1.165, 1.54) is 0 Å². The highest BCUT2D eigenvalue weighted by molar-refractivity contribution is 5.96. The topological polar surface area (TPSA) is 84.2 Å². The fourth-order valence-corrected chi connectivity index (χ4v) is 2.75. The lowest BCUT2D eigenvalue weighted by atomic mass is 10.0. The number of aliphatic carboxylic acids is 1. The van der Waals surface area contributed by atoms with Crippen LogP contribution in [0.15, 0.2) is 30.3 Å². The third kappa shape index (κ3) is 5.17. The van der Waals surface area contributed by atoms with Gasteiger partial charge < -0.3 is 10.4 Å². The first kappa shape index (κ1) is 18.7. The van der Waals surface area contributed by atoms with E-state index < -0.39 is 12.0 Å². The summed E-state index contributed by atoms with van der Waals surface area (Å²) < 4.78 is 1.88. The van der Waals surface area contributed by atoms with Crippen molar-refractivity contribution in [3.05, 3.63) is 52.8 Å².